The van der Waals surface area contributed by atoms with Crippen molar-refractivity contribution in [2.45, 2.75) is 12.8 Å². The Morgan fingerprint density at radius 1 is 1.07 bits per heavy atom. The summed E-state index contributed by atoms with van der Waals surface area (Å²) in [5, 5.41) is 12.4. The largest absolute Gasteiger partial charge is 0.469 e. The van der Waals surface area contributed by atoms with E-state index in [4.69, 9.17) is 8.83 Å². The zero-order valence-electron chi connectivity index (χ0n) is 15.2. The van der Waals surface area contributed by atoms with Crippen LogP contribution < -0.4 is 5.32 Å². The molecule has 0 radical (unpaired) electrons. The van der Waals surface area contributed by atoms with Crippen molar-refractivity contribution in [3.05, 3.63) is 48.3 Å². The van der Waals surface area contributed by atoms with E-state index in [-0.39, 0.29) is 24.5 Å². The van der Waals surface area contributed by atoms with Crippen LogP contribution in [0.3, 0.4) is 0 Å². The van der Waals surface area contributed by atoms with E-state index in [0.29, 0.717) is 51.3 Å². The van der Waals surface area contributed by atoms with Gasteiger partial charge in [0, 0.05) is 51.7 Å². The summed E-state index contributed by atoms with van der Waals surface area (Å²) in [7, 11) is 0. The van der Waals surface area contributed by atoms with Crippen molar-refractivity contribution in [1.82, 2.24) is 15.1 Å². The predicted molar refractivity (Wildman–Crippen MR) is 97.2 cm³/mol. The molecule has 2 aromatic rings. The number of carbonyl (C=O) groups excluding carboxylic acids is 2. The fraction of sp³-hybridized carbons (Fsp3) is 0.474. The highest BCUT2D eigenvalue weighted by Gasteiger charge is 2.24. The molecule has 1 aliphatic heterocycles. The van der Waals surface area contributed by atoms with Gasteiger partial charge in [0.2, 0.25) is 0 Å². The number of nitrogens with one attached hydrogen (secondary N) is 1. The van der Waals surface area contributed by atoms with Gasteiger partial charge in [0.25, 0.3) is 5.91 Å². The van der Waals surface area contributed by atoms with Crippen LogP contribution in [0.15, 0.2) is 45.6 Å². The molecule has 1 fully saturated rings. The van der Waals surface area contributed by atoms with Gasteiger partial charge in [-0.05, 0) is 30.7 Å². The standard InChI is InChI=1S/C19H25N3O5/c23-14-15(12-16-4-1-10-26-16)13-20-19(25)22-7-3-6-21(8-9-22)18(24)17-5-2-11-27-17/h1-2,4-5,10-11,15,23H,3,6-9,12-14H2,(H,20,25). The predicted octanol–water partition coefficient (Wildman–Crippen LogP) is 1.58. The van der Waals surface area contributed by atoms with Gasteiger partial charge in [-0.25, -0.2) is 4.79 Å². The van der Waals surface area contributed by atoms with E-state index in [1.54, 1.807) is 34.3 Å². The molecule has 0 saturated carbocycles. The molecule has 0 bridgehead atoms. The summed E-state index contributed by atoms with van der Waals surface area (Å²) in [6.07, 6.45) is 4.34. The average molecular weight is 375 g/mol. The van der Waals surface area contributed by atoms with E-state index in [1.807, 2.05) is 6.07 Å². The zero-order valence-corrected chi connectivity index (χ0v) is 15.2. The van der Waals surface area contributed by atoms with E-state index < -0.39 is 0 Å². The van der Waals surface area contributed by atoms with E-state index in [0.717, 1.165) is 5.76 Å². The highest BCUT2D eigenvalue weighted by atomic mass is 16.3. The van der Waals surface area contributed by atoms with Gasteiger partial charge in [-0.15, -0.1) is 0 Å². The Morgan fingerprint density at radius 3 is 2.52 bits per heavy atom. The monoisotopic (exact) mass is 375 g/mol. The molecule has 1 unspecified atom stereocenters. The minimum Gasteiger partial charge on any atom is -0.469 e. The normalized spacial score (nSPS) is 16.0. The van der Waals surface area contributed by atoms with Crippen molar-refractivity contribution < 1.29 is 23.5 Å². The van der Waals surface area contributed by atoms with Gasteiger partial charge in [-0.3, -0.25) is 4.79 Å². The second-order valence-electron chi connectivity index (χ2n) is 6.63. The minimum atomic E-state index is -0.180. The number of aliphatic hydroxyl groups is 1. The average Bonchev–Trinajstić information content (AvgIpc) is 3.34. The summed E-state index contributed by atoms with van der Waals surface area (Å²) < 4.78 is 10.5. The molecule has 2 aromatic heterocycles. The molecule has 8 nitrogen and oxygen atoms in total. The quantitative estimate of drug-likeness (QED) is 0.799. The van der Waals surface area contributed by atoms with Crippen LogP contribution in [0.2, 0.25) is 0 Å². The van der Waals surface area contributed by atoms with Crippen LogP contribution in [-0.4, -0.2) is 66.2 Å². The highest BCUT2D eigenvalue weighted by Crippen LogP contribution is 2.11. The van der Waals surface area contributed by atoms with Crippen molar-refractivity contribution in [3.63, 3.8) is 0 Å². The third-order valence-corrected chi connectivity index (χ3v) is 4.67. The SMILES string of the molecule is O=C(NCC(CO)Cc1ccco1)N1CCCN(C(=O)c2ccco2)CC1. The van der Waals surface area contributed by atoms with Gasteiger partial charge in [0.15, 0.2) is 5.76 Å². The second kappa shape index (κ2) is 9.27. The van der Waals surface area contributed by atoms with E-state index in [1.165, 1.54) is 6.26 Å². The first-order valence-corrected chi connectivity index (χ1v) is 9.16. The number of rotatable bonds is 6. The maximum absolute atomic E-state index is 12.5. The molecule has 3 heterocycles. The Kier molecular flexibility index (Phi) is 6.54. The fourth-order valence-corrected chi connectivity index (χ4v) is 3.14. The summed E-state index contributed by atoms with van der Waals surface area (Å²) in [6, 6.07) is 6.80. The second-order valence-corrected chi connectivity index (χ2v) is 6.63. The number of hydrogen-bond acceptors (Lipinski definition) is 5. The third-order valence-electron chi connectivity index (χ3n) is 4.67. The molecule has 1 saturated heterocycles. The topological polar surface area (TPSA) is 99.2 Å². The first-order chi connectivity index (χ1) is 13.2. The van der Waals surface area contributed by atoms with Crippen LogP contribution in [0.5, 0.6) is 0 Å². The van der Waals surface area contributed by atoms with Crippen LogP contribution >= 0.6 is 0 Å². The summed E-state index contributed by atoms with van der Waals surface area (Å²) in [4.78, 5) is 28.3. The number of hydrogen-bond donors (Lipinski definition) is 2. The third kappa shape index (κ3) is 5.13. The van der Waals surface area contributed by atoms with Gasteiger partial charge >= 0.3 is 6.03 Å². The highest BCUT2D eigenvalue weighted by molar-refractivity contribution is 5.91. The number of aliphatic hydroxyl groups excluding tert-OH is 1. The molecule has 146 valence electrons. The van der Waals surface area contributed by atoms with E-state index in [2.05, 4.69) is 5.32 Å². The van der Waals surface area contributed by atoms with Crippen molar-refractivity contribution in [3.8, 4) is 0 Å². The molecule has 3 rings (SSSR count). The van der Waals surface area contributed by atoms with Crippen LogP contribution in [0, 0.1) is 5.92 Å². The lowest BCUT2D eigenvalue weighted by atomic mass is 10.1. The number of nitrogens with zero attached hydrogens (tertiary/aromatic N) is 2. The first kappa shape index (κ1) is 19.0. The summed E-state index contributed by atoms with van der Waals surface area (Å²) in [6.45, 7) is 2.41. The van der Waals surface area contributed by atoms with Gasteiger partial charge < -0.3 is 29.1 Å². The molecule has 1 atom stereocenters. The molecule has 0 aromatic carbocycles. The molecular weight excluding hydrogens is 350 g/mol. The number of furan rings is 2. The van der Waals surface area contributed by atoms with Gasteiger partial charge in [0.1, 0.15) is 5.76 Å². The van der Waals surface area contributed by atoms with E-state index in [9.17, 15) is 14.7 Å². The maximum atomic E-state index is 12.5. The zero-order chi connectivity index (χ0) is 19.1. The Labute approximate surface area is 157 Å². The summed E-state index contributed by atoms with van der Waals surface area (Å²) >= 11 is 0. The number of carbonyl (C=O) groups is 2. The Balaban J connectivity index is 1.46. The molecular formula is C19H25N3O5. The van der Waals surface area contributed by atoms with Crippen LogP contribution in [-0.2, 0) is 6.42 Å². The Bertz CT molecular complexity index is 714. The number of urea groups is 1. The van der Waals surface area contributed by atoms with Crippen molar-refractivity contribution in [2.75, 3.05) is 39.3 Å². The smallest absolute Gasteiger partial charge is 0.317 e. The minimum absolute atomic E-state index is 0.0353. The summed E-state index contributed by atoms with van der Waals surface area (Å²) in [5.74, 6) is 0.840. The van der Waals surface area contributed by atoms with Crippen LogP contribution in [0.4, 0.5) is 4.79 Å². The molecule has 0 aliphatic carbocycles. The van der Waals surface area contributed by atoms with Gasteiger partial charge in [-0.1, -0.05) is 0 Å². The van der Waals surface area contributed by atoms with Gasteiger partial charge in [0.05, 0.1) is 12.5 Å². The lowest BCUT2D eigenvalue weighted by Gasteiger charge is -2.23. The van der Waals surface area contributed by atoms with Crippen LogP contribution in [0.1, 0.15) is 22.7 Å². The summed E-state index contributed by atoms with van der Waals surface area (Å²) in [5.41, 5.74) is 0. The van der Waals surface area contributed by atoms with Crippen molar-refractivity contribution in [1.29, 1.82) is 0 Å². The molecule has 1 aliphatic rings. The van der Waals surface area contributed by atoms with Gasteiger partial charge in [-0.2, -0.15) is 0 Å². The first-order valence-electron chi connectivity index (χ1n) is 9.16. The Morgan fingerprint density at radius 2 is 1.81 bits per heavy atom. The fourth-order valence-electron chi connectivity index (χ4n) is 3.14. The van der Waals surface area contributed by atoms with Crippen molar-refractivity contribution in [2.24, 2.45) is 5.92 Å². The maximum Gasteiger partial charge on any atom is 0.317 e. The number of amides is 3. The van der Waals surface area contributed by atoms with Crippen molar-refractivity contribution >= 4 is 11.9 Å². The molecule has 27 heavy (non-hydrogen) atoms. The lowest BCUT2D eigenvalue weighted by molar-refractivity contribution is 0.0730. The Hall–Kier alpha value is -2.74. The molecule has 8 heteroatoms. The van der Waals surface area contributed by atoms with Crippen LogP contribution in [0.25, 0.3) is 0 Å². The van der Waals surface area contributed by atoms with E-state index >= 15 is 0 Å². The molecule has 3 amide bonds. The molecule has 0 spiro atoms. The molecule has 2 N–H and O–H groups in total. The lowest BCUT2D eigenvalue weighted by Crippen LogP contribution is -2.44.